The highest BCUT2D eigenvalue weighted by Gasteiger charge is 2.27. The second-order valence-corrected chi connectivity index (χ2v) is 11.1. The molecule has 3 heterocycles. The van der Waals surface area contributed by atoms with E-state index in [9.17, 15) is 14.7 Å². The van der Waals surface area contributed by atoms with Crippen molar-refractivity contribution in [3.8, 4) is 11.5 Å². The van der Waals surface area contributed by atoms with E-state index in [1.807, 2.05) is 48.2 Å². The molecule has 2 fully saturated rings. The molecule has 44 heavy (non-hydrogen) atoms. The first-order chi connectivity index (χ1) is 21.2. The number of methoxy groups -OCH3 is 2. The summed E-state index contributed by atoms with van der Waals surface area (Å²) >= 11 is 6.48. The Labute approximate surface area is 261 Å². The lowest BCUT2D eigenvalue weighted by Crippen LogP contribution is -2.53. The van der Waals surface area contributed by atoms with E-state index < -0.39 is 6.09 Å². The van der Waals surface area contributed by atoms with Crippen LogP contribution in [0.15, 0.2) is 42.6 Å². The molecule has 3 aromatic rings. The summed E-state index contributed by atoms with van der Waals surface area (Å²) in [6, 6.07) is 11.5. The number of anilines is 6. The number of carboxylic acid groups (broad SMARTS) is 1. The van der Waals surface area contributed by atoms with Gasteiger partial charge in [0.1, 0.15) is 16.5 Å². The fraction of sp³-hybridized carbons (Fsp3) is 0.400. The lowest BCUT2D eigenvalue weighted by molar-refractivity contribution is -0.129. The largest absolute Gasteiger partial charge is 0.494 e. The van der Waals surface area contributed by atoms with Gasteiger partial charge < -0.3 is 44.8 Å². The molecule has 2 amide bonds. The van der Waals surface area contributed by atoms with Crippen molar-refractivity contribution in [1.82, 2.24) is 19.8 Å². The third kappa shape index (κ3) is 6.77. The summed E-state index contributed by atoms with van der Waals surface area (Å²) in [4.78, 5) is 39.7. The molecule has 2 aromatic carbocycles. The maximum Gasteiger partial charge on any atom is 0.407 e. The monoisotopic (exact) mass is 624 g/mol. The number of amides is 2. The molecule has 14 heteroatoms. The Morgan fingerprint density at radius 3 is 2.07 bits per heavy atom. The van der Waals surface area contributed by atoms with Crippen molar-refractivity contribution in [3.63, 3.8) is 0 Å². The second kappa shape index (κ2) is 13.3. The van der Waals surface area contributed by atoms with Crippen LogP contribution in [0.25, 0.3) is 0 Å². The minimum Gasteiger partial charge on any atom is -0.494 e. The Morgan fingerprint density at radius 2 is 1.50 bits per heavy atom. The third-order valence-corrected chi connectivity index (χ3v) is 8.22. The molecule has 1 atom stereocenters. The van der Waals surface area contributed by atoms with Gasteiger partial charge in [-0.3, -0.25) is 4.79 Å². The molecule has 13 nitrogen and oxygen atoms in total. The fourth-order valence-corrected chi connectivity index (χ4v) is 5.62. The van der Waals surface area contributed by atoms with E-state index in [1.165, 1.54) is 11.1 Å². The summed E-state index contributed by atoms with van der Waals surface area (Å²) in [7, 11) is 3.19. The van der Waals surface area contributed by atoms with Crippen LogP contribution in [0, 0.1) is 0 Å². The zero-order valence-electron chi connectivity index (χ0n) is 25.2. The number of carbonyl (C=O) groups excluding carboxylic acids is 1. The summed E-state index contributed by atoms with van der Waals surface area (Å²) in [5.41, 5.74) is 3.28. The summed E-state index contributed by atoms with van der Waals surface area (Å²) in [6.07, 6.45) is 0.612. The molecule has 0 spiro atoms. The van der Waals surface area contributed by atoms with Crippen molar-refractivity contribution in [3.05, 3.63) is 47.6 Å². The van der Waals surface area contributed by atoms with Crippen molar-refractivity contribution in [2.24, 2.45) is 0 Å². The van der Waals surface area contributed by atoms with Crippen molar-refractivity contribution >= 4 is 58.1 Å². The molecule has 1 unspecified atom stereocenters. The van der Waals surface area contributed by atoms with E-state index in [0.717, 1.165) is 24.5 Å². The highest BCUT2D eigenvalue weighted by molar-refractivity contribution is 6.33. The Bertz CT molecular complexity index is 1520. The first kappa shape index (κ1) is 30.8. The van der Waals surface area contributed by atoms with Gasteiger partial charge in [0, 0.05) is 82.3 Å². The van der Waals surface area contributed by atoms with Crippen LogP contribution in [0.5, 0.6) is 11.5 Å². The van der Waals surface area contributed by atoms with Gasteiger partial charge in [0.2, 0.25) is 11.9 Å². The predicted octanol–water partition coefficient (Wildman–Crippen LogP) is 4.49. The average Bonchev–Trinajstić information content (AvgIpc) is 3.02. The molecule has 1 aromatic heterocycles. The number of benzene rings is 2. The van der Waals surface area contributed by atoms with Crippen LogP contribution in [0.3, 0.4) is 0 Å². The van der Waals surface area contributed by atoms with Gasteiger partial charge in [-0.05, 0) is 31.2 Å². The maximum atomic E-state index is 11.7. The van der Waals surface area contributed by atoms with Crippen molar-refractivity contribution in [2.75, 3.05) is 80.5 Å². The molecular formula is C30H37ClN8O5. The lowest BCUT2D eigenvalue weighted by atomic mass is 10.1. The lowest BCUT2D eigenvalue weighted by Gasteiger charge is -2.39. The molecule has 2 aliphatic rings. The number of nitrogens with one attached hydrogen (secondary N) is 2. The van der Waals surface area contributed by atoms with Gasteiger partial charge in [-0.1, -0.05) is 11.6 Å². The topological polar surface area (TPSA) is 136 Å². The Kier molecular flexibility index (Phi) is 9.33. The molecule has 0 bridgehead atoms. The minimum absolute atomic E-state index is 0.0932. The quantitative estimate of drug-likeness (QED) is 0.327. The molecule has 0 aliphatic carbocycles. The molecule has 2 aliphatic heterocycles. The number of piperazine rings is 2. The van der Waals surface area contributed by atoms with Gasteiger partial charge in [-0.2, -0.15) is 4.98 Å². The third-order valence-electron chi connectivity index (χ3n) is 7.94. The number of halogens is 1. The maximum absolute atomic E-state index is 11.7. The average molecular weight is 625 g/mol. The van der Waals surface area contributed by atoms with Crippen molar-refractivity contribution in [1.29, 1.82) is 0 Å². The van der Waals surface area contributed by atoms with Gasteiger partial charge in [0.05, 0.1) is 31.8 Å². The smallest absolute Gasteiger partial charge is 0.407 e. The first-order valence-corrected chi connectivity index (χ1v) is 14.7. The van der Waals surface area contributed by atoms with Gasteiger partial charge in [-0.25, -0.2) is 9.78 Å². The Morgan fingerprint density at radius 1 is 0.909 bits per heavy atom. The van der Waals surface area contributed by atoms with Crippen LogP contribution < -0.4 is 29.9 Å². The number of rotatable bonds is 8. The molecule has 2 saturated heterocycles. The summed E-state index contributed by atoms with van der Waals surface area (Å²) < 4.78 is 11.3. The van der Waals surface area contributed by atoms with Crippen LogP contribution in [-0.2, 0) is 4.79 Å². The second-order valence-electron chi connectivity index (χ2n) is 10.7. The summed E-state index contributed by atoms with van der Waals surface area (Å²) in [6.45, 7) is 7.95. The van der Waals surface area contributed by atoms with Crippen LogP contribution in [-0.4, -0.2) is 103 Å². The summed E-state index contributed by atoms with van der Waals surface area (Å²) in [5, 5.41) is 16.2. The Hall–Kier alpha value is -4.65. The predicted molar refractivity (Wildman–Crippen MR) is 170 cm³/mol. The highest BCUT2D eigenvalue weighted by atomic mass is 35.5. The number of aromatic nitrogens is 2. The SMILES string of the molecule is COc1cc(N2CCN(C(=O)O)C(C)C2)ccc1Nc1ncc(Cl)c(Nc2ccc(N3CCN(C(C)=O)CC3)cc2OC)n1. The van der Waals surface area contributed by atoms with Gasteiger partial charge in [-0.15, -0.1) is 0 Å². The van der Waals surface area contributed by atoms with E-state index in [2.05, 4.69) is 30.4 Å². The van der Waals surface area contributed by atoms with E-state index in [1.54, 1.807) is 21.1 Å². The number of ether oxygens (including phenoxy) is 2. The number of hydrogen-bond donors (Lipinski definition) is 3. The van der Waals surface area contributed by atoms with Crippen molar-refractivity contribution in [2.45, 2.75) is 19.9 Å². The molecule has 5 rings (SSSR count). The Balaban J connectivity index is 1.29. The number of carbonyl (C=O) groups is 2. The zero-order valence-corrected chi connectivity index (χ0v) is 26.0. The molecular weight excluding hydrogens is 588 g/mol. The van der Waals surface area contributed by atoms with Crippen LogP contribution in [0.4, 0.5) is 39.3 Å². The number of hydrogen-bond acceptors (Lipinski definition) is 10. The van der Waals surface area contributed by atoms with Crippen LogP contribution >= 0.6 is 11.6 Å². The summed E-state index contributed by atoms with van der Waals surface area (Å²) in [5.74, 6) is 2.01. The molecule has 0 saturated carbocycles. The minimum atomic E-state index is -0.901. The molecule has 3 N–H and O–H groups in total. The molecule has 0 radical (unpaired) electrons. The van der Waals surface area contributed by atoms with E-state index in [4.69, 9.17) is 21.1 Å². The normalized spacial score (nSPS) is 16.9. The van der Waals surface area contributed by atoms with Crippen LogP contribution in [0.1, 0.15) is 13.8 Å². The number of nitrogens with zero attached hydrogens (tertiary/aromatic N) is 6. The van der Waals surface area contributed by atoms with Crippen LogP contribution in [0.2, 0.25) is 5.02 Å². The highest BCUT2D eigenvalue weighted by Crippen LogP contribution is 2.36. The first-order valence-electron chi connectivity index (χ1n) is 14.3. The van der Waals surface area contributed by atoms with Gasteiger partial charge >= 0.3 is 6.09 Å². The fourth-order valence-electron chi connectivity index (χ4n) is 5.48. The van der Waals surface area contributed by atoms with E-state index in [-0.39, 0.29) is 11.9 Å². The van der Waals surface area contributed by atoms with Gasteiger partial charge in [0.25, 0.3) is 0 Å². The molecule has 234 valence electrons. The van der Waals surface area contributed by atoms with E-state index in [0.29, 0.717) is 72.4 Å². The van der Waals surface area contributed by atoms with E-state index >= 15 is 0 Å². The zero-order chi connectivity index (χ0) is 31.4. The standard InChI is InChI=1S/C30H37ClN8O5/c1-19-18-38(13-14-39(19)30(41)42)22-6-8-25(27(16-22)44-4)34-29-32-17-23(31)28(35-29)33-24-7-5-21(15-26(24)43-3)37-11-9-36(10-12-37)20(2)40/h5-8,15-17,19H,9-14,18H2,1-4H3,(H,41,42)(H2,32,33,34,35). The van der Waals surface area contributed by atoms with Crippen molar-refractivity contribution < 1.29 is 24.2 Å². The van der Waals surface area contributed by atoms with Gasteiger partial charge in [0.15, 0.2) is 5.82 Å².